The smallest absolute Gasteiger partial charge is 0.404 e. The highest BCUT2D eigenvalue weighted by atomic mass is 19.1. The molecular weight excluding hydrogens is 423 g/mol. The zero-order valence-electron chi connectivity index (χ0n) is 18.0. The number of hydrogen-bond donors (Lipinski definition) is 5. The molecular formula is C20H27FN6O5. The summed E-state index contributed by atoms with van der Waals surface area (Å²) < 4.78 is 25.0. The van der Waals surface area contributed by atoms with Gasteiger partial charge in [0.1, 0.15) is 12.4 Å². The minimum atomic E-state index is -1.20. The zero-order chi connectivity index (χ0) is 23.7. The summed E-state index contributed by atoms with van der Waals surface area (Å²) in [6.45, 7) is 4.14. The minimum absolute atomic E-state index is 0.0177. The van der Waals surface area contributed by atoms with Crippen LogP contribution >= 0.6 is 0 Å². The van der Waals surface area contributed by atoms with Crippen molar-refractivity contribution in [3.05, 3.63) is 35.8 Å². The summed E-state index contributed by atoms with van der Waals surface area (Å²) in [7, 11) is 1.55. The van der Waals surface area contributed by atoms with E-state index < -0.39 is 29.9 Å². The van der Waals surface area contributed by atoms with E-state index in [-0.39, 0.29) is 17.2 Å². The third-order valence-electron chi connectivity index (χ3n) is 4.49. The van der Waals surface area contributed by atoms with Crippen molar-refractivity contribution < 1.29 is 28.6 Å². The van der Waals surface area contributed by atoms with E-state index in [1.54, 1.807) is 26.2 Å². The lowest BCUT2D eigenvalue weighted by Gasteiger charge is -2.25. The zero-order valence-corrected chi connectivity index (χ0v) is 18.0. The molecule has 12 heteroatoms. The molecule has 2 heterocycles. The second-order valence-corrected chi connectivity index (χ2v) is 6.83. The number of carbonyl (C=O) groups excluding carboxylic acids is 1. The maximum Gasteiger partial charge on any atom is 0.404 e. The summed E-state index contributed by atoms with van der Waals surface area (Å²) in [5.74, 6) is -1.50. The molecule has 0 aliphatic carbocycles. The van der Waals surface area contributed by atoms with Gasteiger partial charge in [-0.1, -0.05) is 6.92 Å². The van der Waals surface area contributed by atoms with Crippen LogP contribution in [0, 0.1) is 5.82 Å². The SMILES string of the molecule is CC[C@@H](Nc1nc(Nc2ccnc(OCCOC)c2)c(C(N)=O)cc1F)[C@H](C)NC(=O)O. The predicted molar refractivity (Wildman–Crippen MR) is 116 cm³/mol. The van der Waals surface area contributed by atoms with Crippen LogP contribution in [0.4, 0.5) is 26.5 Å². The Balaban J connectivity index is 2.31. The van der Waals surface area contributed by atoms with Gasteiger partial charge in [0.15, 0.2) is 11.6 Å². The molecule has 0 fully saturated rings. The first kappa shape index (κ1) is 24.6. The van der Waals surface area contributed by atoms with Crippen LogP contribution in [-0.2, 0) is 4.74 Å². The average molecular weight is 450 g/mol. The minimum Gasteiger partial charge on any atom is -0.475 e. The highest BCUT2D eigenvalue weighted by Gasteiger charge is 2.22. The molecule has 0 bridgehead atoms. The molecule has 2 aromatic rings. The van der Waals surface area contributed by atoms with E-state index in [2.05, 4.69) is 25.9 Å². The third kappa shape index (κ3) is 6.94. The molecule has 32 heavy (non-hydrogen) atoms. The molecule has 0 saturated heterocycles. The summed E-state index contributed by atoms with van der Waals surface area (Å²) >= 11 is 0. The van der Waals surface area contributed by atoms with Gasteiger partial charge < -0.3 is 36.3 Å². The lowest BCUT2D eigenvalue weighted by Crippen LogP contribution is -2.44. The molecule has 2 atom stereocenters. The molecule has 0 spiro atoms. The van der Waals surface area contributed by atoms with Crippen LogP contribution in [0.2, 0.25) is 0 Å². The summed E-state index contributed by atoms with van der Waals surface area (Å²) in [5, 5.41) is 17.1. The Bertz CT molecular complexity index is 945. The van der Waals surface area contributed by atoms with Gasteiger partial charge in [0.05, 0.1) is 12.2 Å². The highest BCUT2D eigenvalue weighted by molar-refractivity contribution is 5.98. The number of nitrogens with one attached hydrogen (secondary N) is 3. The molecule has 2 rings (SSSR count). The van der Waals surface area contributed by atoms with Crippen molar-refractivity contribution in [2.75, 3.05) is 31.0 Å². The number of carbonyl (C=O) groups is 2. The van der Waals surface area contributed by atoms with Gasteiger partial charge in [-0.2, -0.15) is 0 Å². The summed E-state index contributed by atoms with van der Waals surface area (Å²) in [4.78, 5) is 31.0. The topological polar surface area (TPSA) is 161 Å². The van der Waals surface area contributed by atoms with Crippen molar-refractivity contribution in [1.29, 1.82) is 0 Å². The molecule has 11 nitrogen and oxygen atoms in total. The van der Waals surface area contributed by atoms with Crippen molar-refractivity contribution in [1.82, 2.24) is 15.3 Å². The van der Waals surface area contributed by atoms with Gasteiger partial charge in [-0.15, -0.1) is 0 Å². The van der Waals surface area contributed by atoms with Gasteiger partial charge in [0, 0.05) is 37.1 Å². The molecule has 0 aliphatic heterocycles. The Kier molecular flexibility index (Phi) is 8.95. The number of halogens is 1. The number of nitrogens with two attached hydrogens (primary N) is 1. The van der Waals surface area contributed by atoms with Crippen LogP contribution in [0.1, 0.15) is 30.6 Å². The maximum absolute atomic E-state index is 14.6. The fraction of sp³-hybridized carbons (Fsp3) is 0.400. The number of amides is 2. The number of aromatic nitrogens is 2. The van der Waals surface area contributed by atoms with Gasteiger partial charge in [-0.05, 0) is 25.5 Å². The molecule has 0 saturated carbocycles. The van der Waals surface area contributed by atoms with E-state index in [0.717, 1.165) is 6.07 Å². The summed E-state index contributed by atoms with van der Waals surface area (Å²) in [6, 6.07) is 3.17. The molecule has 6 N–H and O–H groups in total. The van der Waals surface area contributed by atoms with Crippen molar-refractivity contribution in [2.45, 2.75) is 32.4 Å². The Morgan fingerprint density at radius 2 is 2.03 bits per heavy atom. The Morgan fingerprint density at radius 1 is 1.28 bits per heavy atom. The number of pyridine rings is 2. The molecule has 0 aliphatic rings. The fourth-order valence-electron chi connectivity index (χ4n) is 2.86. The first-order valence-corrected chi connectivity index (χ1v) is 9.86. The molecule has 0 unspecified atom stereocenters. The molecule has 2 amide bonds. The number of carboxylic acid groups (broad SMARTS) is 1. The number of primary amides is 1. The first-order chi connectivity index (χ1) is 15.2. The van der Waals surface area contributed by atoms with E-state index in [4.69, 9.17) is 20.3 Å². The standard InChI is InChI=1S/C20H27FN6O5/c1-4-15(11(2)24-20(29)30)26-19-14(21)10-13(17(22)28)18(27-19)25-12-5-6-23-16(9-12)32-8-7-31-3/h5-6,9-11,15,24H,4,7-8H2,1-3H3,(H2,22,28)(H,29,30)(H2,23,25,26,27)/t11-,15+/m0/s1. The first-order valence-electron chi connectivity index (χ1n) is 9.86. The van der Waals surface area contributed by atoms with E-state index in [0.29, 0.717) is 31.2 Å². The Hall–Kier alpha value is -3.67. The average Bonchev–Trinajstić information content (AvgIpc) is 2.73. The van der Waals surface area contributed by atoms with E-state index in [9.17, 15) is 14.0 Å². The van der Waals surface area contributed by atoms with Crippen LogP contribution in [0.5, 0.6) is 5.88 Å². The van der Waals surface area contributed by atoms with Crippen molar-refractivity contribution in [3.63, 3.8) is 0 Å². The Morgan fingerprint density at radius 3 is 2.66 bits per heavy atom. The van der Waals surface area contributed by atoms with Gasteiger partial charge in [0.2, 0.25) is 5.88 Å². The number of ether oxygens (including phenoxy) is 2. The summed E-state index contributed by atoms with van der Waals surface area (Å²) in [6.07, 6.45) is 0.776. The number of nitrogens with zero attached hydrogens (tertiary/aromatic N) is 2. The predicted octanol–water partition coefficient (Wildman–Crippen LogP) is 2.33. The largest absolute Gasteiger partial charge is 0.475 e. The maximum atomic E-state index is 14.6. The van der Waals surface area contributed by atoms with Gasteiger partial charge >= 0.3 is 6.09 Å². The fourth-order valence-corrected chi connectivity index (χ4v) is 2.86. The van der Waals surface area contributed by atoms with Crippen LogP contribution < -0.4 is 26.4 Å². The molecule has 174 valence electrons. The molecule has 0 radical (unpaired) electrons. The number of rotatable bonds is 12. The number of methoxy groups -OCH3 is 1. The quantitative estimate of drug-likeness (QED) is 0.306. The Labute approximate surface area is 184 Å². The summed E-state index contributed by atoms with van der Waals surface area (Å²) in [5.41, 5.74) is 5.72. The van der Waals surface area contributed by atoms with Crippen LogP contribution in [0.3, 0.4) is 0 Å². The molecule has 2 aromatic heterocycles. The second-order valence-electron chi connectivity index (χ2n) is 6.83. The van der Waals surface area contributed by atoms with Crippen molar-refractivity contribution in [2.24, 2.45) is 5.73 Å². The lowest BCUT2D eigenvalue weighted by atomic mass is 10.1. The highest BCUT2D eigenvalue weighted by Crippen LogP contribution is 2.26. The van der Waals surface area contributed by atoms with E-state index in [1.807, 2.05) is 6.92 Å². The monoisotopic (exact) mass is 450 g/mol. The number of anilines is 3. The third-order valence-corrected chi connectivity index (χ3v) is 4.49. The van der Waals surface area contributed by atoms with Crippen molar-refractivity contribution >= 4 is 29.3 Å². The molecule has 0 aromatic carbocycles. The van der Waals surface area contributed by atoms with Gasteiger partial charge in [-0.25, -0.2) is 19.2 Å². The van der Waals surface area contributed by atoms with E-state index in [1.165, 1.54) is 6.20 Å². The van der Waals surface area contributed by atoms with Gasteiger partial charge in [-0.3, -0.25) is 4.79 Å². The lowest BCUT2D eigenvalue weighted by molar-refractivity contribution is 0.100. The van der Waals surface area contributed by atoms with Crippen LogP contribution in [0.25, 0.3) is 0 Å². The normalized spacial score (nSPS) is 12.5. The van der Waals surface area contributed by atoms with E-state index >= 15 is 0 Å². The second kappa shape index (κ2) is 11.6. The van der Waals surface area contributed by atoms with Crippen LogP contribution in [0.15, 0.2) is 24.4 Å². The van der Waals surface area contributed by atoms with Gasteiger partial charge in [0.25, 0.3) is 5.91 Å². The van der Waals surface area contributed by atoms with Crippen molar-refractivity contribution in [3.8, 4) is 5.88 Å². The van der Waals surface area contributed by atoms with Crippen LogP contribution in [-0.4, -0.2) is 59.5 Å². The number of hydrogen-bond acceptors (Lipinski definition) is 8.